The van der Waals surface area contributed by atoms with E-state index in [1.54, 1.807) is 11.3 Å². The molecule has 2 aromatic rings. The first-order chi connectivity index (χ1) is 8.65. The minimum absolute atomic E-state index is 0.173. The van der Waals surface area contributed by atoms with Gasteiger partial charge in [-0.3, -0.25) is 0 Å². The molecule has 0 spiro atoms. The smallest absolute Gasteiger partial charge is 0.126 e. The highest BCUT2D eigenvalue weighted by atomic mass is 32.1. The van der Waals surface area contributed by atoms with Gasteiger partial charge in [-0.1, -0.05) is 6.07 Å². The standard InChI is InChI=1S/C14H17N3S/c1-14(2,13-15-8-9-18-13)17-12-7-6-10-4-3-5-11(10)16-12/h6-9H,3-5H2,1-2H3,(H,16,17). The summed E-state index contributed by atoms with van der Waals surface area (Å²) in [5.41, 5.74) is 2.50. The Hall–Kier alpha value is -1.42. The molecule has 0 aromatic carbocycles. The fourth-order valence-corrected chi connectivity index (χ4v) is 3.11. The number of aryl methyl sites for hydroxylation is 2. The van der Waals surface area contributed by atoms with Crippen LogP contribution in [0.2, 0.25) is 0 Å². The summed E-state index contributed by atoms with van der Waals surface area (Å²) >= 11 is 1.67. The van der Waals surface area contributed by atoms with Crippen molar-refractivity contribution in [2.24, 2.45) is 0 Å². The second-order valence-electron chi connectivity index (χ2n) is 5.24. The van der Waals surface area contributed by atoms with E-state index in [-0.39, 0.29) is 5.54 Å². The third-order valence-electron chi connectivity index (χ3n) is 3.34. The molecule has 2 aromatic heterocycles. The van der Waals surface area contributed by atoms with Gasteiger partial charge in [0, 0.05) is 17.3 Å². The lowest BCUT2D eigenvalue weighted by Gasteiger charge is -2.24. The van der Waals surface area contributed by atoms with E-state index in [1.807, 2.05) is 11.6 Å². The van der Waals surface area contributed by atoms with Crippen LogP contribution in [-0.4, -0.2) is 9.97 Å². The quantitative estimate of drug-likeness (QED) is 0.918. The second kappa shape index (κ2) is 4.35. The maximum atomic E-state index is 4.71. The summed E-state index contributed by atoms with van der Waals surface area (Å²) in [6, 6.07) is 4.29. The van der Waals surface area contributed by atoms with Crippen molar-refractivity contribution in [1.82, 2.24) is 9.97 Å². The van der Waals surface area contributed by atoms with E-state index in [0.717, 1.165) is 17.2 Å². The summed E-state index contributed by atoms with van der Waals surface area (Å²) < 4.78 is 0. The summed E-state index contributed by atoms with van der Waals surface area (Å²) in [4.78, 5) is 9.10. The van der Waals surface area contributed by atoms with E-state index in [2.05, 4.69) is 36.3 Å². The van der Waals surface area contributed by atoms with E-state index >= 15 is 0 Å². The number of thiazole rings is 1. The van der Waals surface area contributed by atoms with Gasteiger partial charge in [0.25, 0.3) is 0 Å². The molecule has 2 heterocycles. The Balaban J connectivity index is 1.84. The highest BCUT2D eigenvalue weighted by molar-refractivity contribution is 7.09. The van der Waals surface area contributed by atoms with Gasteiger partial charge in [0.05, 0.1) is 5.54 Å². The first-order valence-electron chi connectivity index (χ1n) is 6.32. The summed E-state index contributed by atoms with van der Waals surface area (Å²) in [5, 5.41) is 6.58. The third kappa shape index (κ3) is 2.12. The number of fused-ring (bicyclic) bond motifs is 1. The van der Waals surface area contributed by atoms with E-state index in [9.17, 15) is 0 Å². The molecule has 1 aliphatic rings. The van der Waals surface area contributed by atoms with Crippen molar-refractivity contribution < 1.29 is 0 Å². The lowest BCUT2D eigenvalue weighted by molar-refractivity contribution is 0.600. The third-order valence-corrected chi connectivity index (χ3v) is 4.43. The average molecular weight is 259 g/mol. The van der Waals surface area contributed by atoms with E-state index in [4.69, 9.17) is 4.98 Å². The molecule has 0 saturated carbocycles. The first kappa shape index (κ1) is 11.7. The number of aromatic nitrogens is 2. The van der Waals surface area contributed by atoms with Gasteiger partial charge in [-0.15, -0.1) is 11.3 Å². The zero-order chi connectivity index (χ0) is 12.6. The molecule has 0 aliphatic heterocycles. The molecule has 0 bridgehead atoms. The molecule has 94 valence electrons. The number of hydrogen-bond donors (Lipinski definition) is 1. The van der Waals surface area contributed by atoms with Crippen molar-refractivity contribution in [3.63, 3.8) is 0 Å². The average Bonchev–Trinajstić information content (AvgIpc) is 2.99. The van der Waals surface area contributed by atoms with Crippen LogP contribution in [0.1, 0.15) is 36.5 Å². The molecule has 1 aliphatic carbocycles. The van der Waals surface area contributed by atoms with Crippen LogP contribution in [0.25, 0.3) is 0 Å². The molecule has 3 nitrogen and oxygen atoms in total. The van der Waals surface area contributed by atoms with Crippen molar-refractivity contribution >= 4 is 17.2 Å². The molecule has 0 saturated heterocycles. The minimum atomic E-state index is -0.173. The largest absolute Gasteiger partial charge is 0.359 e. The van der Waals surface area contributed by atoms with E-state index in [1.165, 1.54) is 24.1 Å². The lowest BCUT2D eigenvalue weighted by atomic mass is 10.1. The van der Waals surface area contributed by atoms with Crippen molar-refractivity contribution in [2.75, 3.05) is 5.32 Å². The number of anilines is 1. The molecule has 0 unspecified atom stereocenters. The predicted molar refractivity (Wildman–Crippen MR) is 75.0 cm³/mol. The van der Waals surface area contributed by atoms with Crippen LogP contribution in [0.15, 0.2) is 23.7 Å². The number of hydrogen-bond acceptors (Lipinski definition) is 4. The first-order valence-corrected chi connectivity index (χ1v) is 7.20. The highest BCUT2D eigenvalue weighted by Crippen LogP contribution is 2.28. The molecule has 0 radical (unpaired) electrons. The van der Waals surface area contributed by atoms with Crippen molar-refractivity contribution in [3.8, 4) is 0 Å². The molecule has 1 N–H and O–H groups in total. The van der Waals surface area contributed by atoms with Crippen LogP contribution in [0.5, 0.6) is 0 Å². The summed E-state index contributed by atoms with van der Waals surface area (Å²) in [5.74, 6) is 0.954. The Morgan fingerprint density at radius 2 is 2.17 bits per heavy atom. The number of rotatable bonds is 3. The predicted octanol–water partition coefficient (Wildman–Crippen LogP) is 3.37. The van der Waals surface area contributed by atoms with E-state index < -0.39 is 0 Å². The van der Waals surface area contributed by atoms with Crippen molar-refractivity contribution in [2.45, 2.75) is 38.6 Å². The highest BCUT2D eigenvalue weighted by Gasteiger charge is 2.24. The van der Waals surface area contributed by atoms with Gasteiger partial charge < -0.3 is 5.32 Å². The number of nitrogens with one attached hydrogen (secondary N) is 1. The van der Waals surface area contributed by atoms with Gasteiger partial charge in [0.15, 0.2) is 0 Å². The van der Waals surface area contributed by atoms with Crippen molar-refractivity contribution in [3.05, 3.63) is 40.0 Å². The lowest BCUT2D eigenvalue weighted by Crippen LogP contribution is -2.28. The van der Waals surface area contributed by atoms with Gasteiger partial charge in [0.2, 0.25) is 0 Å². The molecule has 0 atom stereocenters. The van der Waals surface area contributed by atoms with Crippen molar-refractivity contribution in [1.29, 1.82) is 0 Å². The maximum absolute atomic E-state index is 4.71. The van der Waals surface area contributed by atoms with Crippen LogP contribution in [0, 0.1) is 0 Å². The molecule has 0 amide bonds. The number of nitrogens with zero attached hydrogens (tertiary/aromatic N) is 2. The van der Waals surface area contributed by atoms with Crippen LogP contribution in [0.4, 0.5) is 5.82 Å². The minimum Gasteiger partial charge on any atom is -0.359 e. The summed E-state index contributed by atoms with van der Waals surface area (Å²) in [6.45, 7) is 4.28. The monoisotopic (exact) mass is 259 g/mol. The topological polar surface area (TPSA) is 37.8 Å². The van der Waals surface area contributed by atoms with Crippen LogP contribution in [-0.2, 0) is 18.4 Å². The van der Waals surface area contributed by atoms with Gasteiger partial charge in [-0.2, -0.15) is 0 Å². The Labute approximate surface area is 111 Å². The molecule has 3 rings (SSSR count). The molecular formula is C14H17N3S. The molecular weight excluding hydrogens is 242 g/mol. The van der Waals surface area contributed by atoms with Gasteiger partial charge in [-0.05, 0) is 44.7 Å². The van der Waals surface area contributed by atoms with Crippen LogP contribution < -0.4 is 5.32 Å². The van der Waals surface area contributed by atoms with E-state index in [0.29, 0.717) is 0 Å². The molecule has 4 heteroatoms. The summed E-state index contributed by atoms with van der Waals surface area (Å²) in [7, 11) is 0. The fraction of sp³-hybridized carbons (Fsp3) is 0.429. The molecule has 18 heavy (non-hydrogen) atoms. The Morgan fingerprint density at radius 3 is 2.94 bits per heavy atom. The Kier molecular flexibility index (Phi) is 2.82. The zero-order valence-corrected chi connectivity index (χ0v) is 11.5. The Bertz CT molecular complexity index is 546. The second-order valence-corrected chi connectivity index (χ2v) is 6.14. The normalized spacial score (nSPS) is 14.6. The maximum Gasteiger partial charge on any atom is 0.126 e. The van der Waals surface area contributed by atoms with Gasteiger partial charge in [0.1, 0.15) is 10.8 Å². The van der Waals surface area contributed by atoms with Gasteiger partial charge >= 0.3 is 0 Å². The SMILES string of the molecule is CC(C)(Nc1ccc2c(n1)CCC2)c1nccs1. The van der Waals surface area contributed by atoms with Gasteiger partial charge in [-0.25, -0.2) is 9.97 Å². The molecule has 0 fully saturated rings. The Morgan fingerprint density at radius 1 is 1.28 bits per heavy atom. The van der Waals surface area contributed by atoms with Crippen LogP contribution in [0.3, 0.4) is 0 Å². The number of pyridine rings is 1. The zero-order valence-electron chi connectivity index (χ0n) is 10.7. The fourth-order valence-electron chi connectivity index (χ4n) is 2.40. The van der Waals surface area contributed by atoms with Crippen LogP contribution >= 0.6 is 11.3 Å². The summed E-state index contributed by atoms with van der Waals surface area (Å²) in [6.07, 6.45) is 5.38.